The first-order valence-corrected chi connectivity index (χ1v) is 10.7. The van der Waals surface area contributed by atoms with Crippen LogP contribution < -0.4 is 10.6 Å². The summed E-state index contributed by atoms with van der Waals surface area (Å²) in [4.78, 5) is 4.77. The van der Waals surface area contributed by atoms with Crippen LogP contribution in [0.2, 0.25) is 0 Å². The highest BCUT2D eigenvalue weighted by Crippen LogP contribution is 2.43. The molecule has 1 saturated heterocycles. The van der Waals surface area contributed by atoms with E-state index in [2.05, 4.69) is 24.5 Å². The monoisotopic (exact) mass is 472 g/mol. The summed E-state index contributed by atoms with van der Waals surface area (Å²) < 4.78 is 24.7. The van der Waals surface area contributed by atoms with Crippen molar-refractivity contribution >= 4 is 40.0 Å². The summed E-state index contributed by atoms with van der Waals surface area (Å²) in [6.45, 7) is 8.08. The molecule has 0 aromatic carbocycles. The van der Waals surface area contributed by atoms with Gasteiger partial charge in [0.25, 0.3) is 0 Å². The van der Waals surface area contributed by atoms with Crippen LogP contribution >= 0.6 is 24.0 Å². The molecule has 1 heterocycles. The predicted octanol–water partition coefficient (Wildman–Crippen LogP) is 2.02. The summed E-state index contributed by atoms with van der Waals surface area (Å²) in [5.74, 6) is 1.22. The largest absolute Gasteiger partial charge is 0.357 e. The summed E-state index contributed by atoms with van der Waals surface area (Å²) in [7, 11) is -3.05. The summed E-state index contributed by atoms with van der Waals surface area (Å²) in [5.41, 5.74) is 0.419. The van der Waals surface area contributed by atoms with Gasteiger partial charge in [-0.15, -0.1) is 24.0 Å². The van der Waals surface area contributed by atoms with Gasteiger partial charge in [-0.05, 0) is 43.9 Å². The summed E-state index contributed by atoms with van der Waals surface area (Å²) in [5, 5.41) is 6.70. The van der Waals surface area contributed by atoms with Gasteiger partial charge < -0.3 is 10.6 Å². The summed E-state index contributed by atoms with van der Waals surface area (Å²) >= 11 is 0. The Hall–Kier alpha value is -0.0900. The highest BCUT2D eigenvalue weighted by Gasteiger charge is 2.35. The van der Waals surface area contributed by atoms with Crippen LogP contribution in [0.25, 0.3) is 0 Å². The first-order valence-electron chi connectivity index (χ1n) is 8.86. The molecule has 142 valence electrons. The maximum Gasteiger partial charge on any atom is 0.211 e. The molecule has 6 nitrogen and oxygen atoms in total. The van der Waals surface area contributed by atoms with E-state index in [0.29, 0.717) is 24.4 Å². The van der Waals surface area contributed by atoms with Gasteiger partial charge in [-0.3, -0.25) is 4.99 Å². The van der Waals surface area contributed by atoms with Crippen LogP contribution in [-0.2, 0) is 10.0 Å². The fourth-order valence-electron chi connectivity index (χ4n) is 3.39. The Morgan fingerprint density at radius 1 is 1.29 bits per heavy atom. The van der Waals surface area contributed by atoms with Gasteiger partial charge in [0.15, 0.2) is 5.96 Å². The van der Waals surface area contributed by atoms with E-state index in [-0.39, 0.29) is 24.0 Å². The van der Waals surface area contributed by atoms with E-state index in [1.807, 2.05) is 0 Å². The second-order valence-corrected chi connectivity index (χ2v) is 9.04. The minimum atomic E-state index is -3.05. The zero-order valence-corrected chi connectivity index (χ0v) is 18.3. The van der Waals surface area contributed by atoms with Gasteiger partial charge >= 0.3 is 0 Å². The van der Waals surface area contributed by atoms with Gasteiger partial charge in [-0.25, -0.2) is 12.7 Å². The highest BCUT2D eigenvalue weighted by atomic mass is 127. The number of rotatable bonds is 7. The van der Waals surface area contributed by atoms with Crippen molar-refractivity contribution in [1.82, 2.24) is 14.9 Å². The van der Waals surface area contributed by atoms with Crippen molar-refractivity contribution in [3.63, 3.8) is 0 Å². The van der Waals surface area contributed by atoms with Crippen molar-refractivity contribution in [3.8, 4) is 0 Å². The minimum absolute atomic E-state index is 0. The van der Waals surface area contributed by atoms with Crippen LogP contribution in [0.15, 0.2) is 4.99 Å². The predicted molar refractivity (Wildman–Crippen MR) is 110 cm³/mol. The van der Waals surface area contributed by atoms with Crippen molar-refractivity contribution in [2.24, 2.45) is 16.3 Å². The second kappa shape index (κ2) is 9.56. The molecule has 1 aliphatic carbocycles. The standard InChI is InChI=1S/C16H32N4O2S.HI/c1-4-16(8-6-9-16)13-19-15(17-5-2)18-11-14-7-10-20(12-14)23(3,21)22;/h14H,4-13H2,1-3H3,(H2,17,18,19);1H. The molecule has 0 bridgehead atoms. The van der Waals surface area contributed by atoms with Crippen LogP contribution in [-0.4, -0.2) is 57.7 Å². The van der Waals surface area contributed by atoms with E-state index in [4.69, 9.17) is 4.99 Å². The van der Waals surface area contributed by atoms with E-state index < -0.39 is 10.0 Å². The van der Waals surface area contributed by atoms with E-state index in [9.17, 15) is 8.42 Å². The van der Waals surface area contributed by atoms with Crippen molar-refractivity contribution in [1.29, 1.82) is 0 Å². The molecule has 8 heteroatoms. The van der Waals surface area contributed by atoms with Crippen molar-refractivity contribution in [2.45, 2.75) is 46.0 Å². The molecule has 0 amide bonds. The molecule has 2 N–H and O–H groups in total. The molecule has 2 aliphatic rings. The zero-order chi connectivity index (χ0) is 16.9. The Bertz CT molecular complexity index is 515. The number of guanidine groups is 1. The zero-order valence-electron chi connectivity index (χ0n) is 15.2. The van der Waals surface area contributed by atoms with Crippen molar-refractivity contribution < 1.29 is 8.42 Å². The maximum absolute atomic E-state index is 11.6. The van der Waals surface area contributed by atoms with Crippen LogP contribution in [0.5, 0.6) is 0 Å². The van der Waals surface area contributed by atoms with Gasteiger partial charge in [-0.1, -0.05) is 13.3 Å². The van der Waals surface area contributed by atoms with E-state index in [0.717, 1.165) is 32.0 Å². The number of hydrogen-bond donors (Lipinski definition) is 2. The van der Waals surface area contributed by atoms with E-state index in [1.54, 1.807) is 4.31 Å². The molecule has 1 atom stereocenters. The molecule has 2 rings (SSSR count). The van der Waals surface area contributed by atoms with Crippen LogP contribution in [0.1, 0.15) is 46.0 Å². The Kier molecular flexibility index (Phi) is 8.75. The number of sulfonamides is 1. The molecule has 0 spiro atoms. The average Bonchev–Trinajstić information content (AvgIpc) is 2.93. The molecule has 24 heavy (non-hydrogen) atoms. The highest BCUT2D eigenvalue weighted by molar-refractivity contribution is 14.0. The molecule has 0 aromatic rings. The fraction of sp³-hybridized carbons (Fsp3) is 0.938. The quantitative estimate of drug-likeness (QED) is 0.338. The molecule has 1 unspecified atom stereocenters. The maximum atomic E-state index is 11.6. The van der Waals surface area contributed by atoms with Gasteiger partial charge in [0.2, 0.25) is 10.0 Å². The molecule has 1 aliphatic heterocycles. The lowest BCUT2D eigenvalue weighted by atomic mass is 9.67. The topological polar surface area (TPSA) is 73.8 Å². The first-order chi connectivity index (χ1) is 10.9. The summed E-state index contributed by atoms with van der Waals surface area (Å²) in [6.07, 6.45) is 7.31. The van der Waals surface area contributed by atoms with Gasteiger partial charge in [0.1, 0.15) is 0 Å². The molecular weight excluding hydrogens is 439 g/mol. The lowest BCUT2D eigenvalue weighted by Crippen LogP contribution is -2.42. The van der Waals surface area contributed by atoms with E-state index in [1.165, 1.54) is 31.9 Å². The lowest BCUT2D eigenvalue weighted by molar-refractivity contribution is 0.139. The fourth-order valence-corrected chi connectivity index (χ4v) is 4.31. The van der Waals surface area contributed by atoms with Crippen LogP contribution in [0.3, 0.4) is 0 Å². The Morgan fingerprint density at radius 2 is 2.00 bits per heavy atom. The number of aliphatic imine (C=N–C) groups is 1. The summed E-state index contributed by atoms with van der Waals surface area (Å²) in [6, 6.07) is 0. The Balaban J connectivity index is 0.00000288. The van der Waals surface area contributed by atoms with Crippen LogP contribution in [0.4, 0.5) is 0 Å². The van der Waals surface area contributed by atoms with Gasteiger partial charge in [-0.2, -0.15) is 0 Å². The van der Waals surface area contributed by atoms with Crippen molar-refractivity contribution in [3.05, 3.63) is 0 Å². The lowest BCUT2D eigenvalue weighted by Gasteiger charge is -2.40. The third-order valence-electron chi connectivity index (χ3n) is 5.36. The third kappa shape index (κ3) is 6.01. The minimum Gasteiger partial charge on any atom is -0.357 e. The van der Waals surface area contributed by atoms with Crippen molar-refractivity contribution in [2.75, 3.05) is 39.0 Å². The molecule has 2 fully saturated rings. The average molecular weight is 472 g/mol. The van der Waals surface area contributed by atoms with Gasteiger partial charge in [0.05, 0.1) is 6.26 Å². The van der Waals surface area contributed by atoms with Crippen LogP contribution in [0, 0.1) is 11.3 Å². The number of nitrogens with one attached hydrogen (secondary N) is 2. The number of hydrogen-bond acceptors (Lipinski definition) is 3. The molecule has 0 aromatic heterocycles. The number of nitrogens with zero attached hydrogens (tertiary/aromatic N) is 2. The molecule has 1 saturated carbocycles. The SMILES string of the molecule is CCNC(=NCC1(CC)CCC1)NCC1CCN(S(C)(=O)=O)C1.I. The number of halogens is 1. The van der Waals surface area contributed by atoms with Gasteiger partial charge in [0, 0.05) is 32.7 Å². The normalized spacial score (nSPS) is 24.1. The second-order valence-electron chi connectivity index (χ2n) is 7.06. The first kappa shape index (κ1) is 22.0. The molecule has 0 radical (unpaired) electrons. The smallest absolute Gasteiger partial charge is 0.211 e. The Labute approximate surface area is 164 Å². The van der Waals surface area contributed by atoms with E-state index >= 15 is 0 Å². The molecular formula is C16H33IN4O2S. The third-order valence-corrected chi connectivity index (χ3v) is 6.63. The Morgan fingerprint density at radius 3 is 2.46 bits per heavy atom.